The first-order valence-electron chi connectivity index (χ1n) is 6.50. The Morgan fingerprint density at radius 1 is 1.45 bits per heavy atom. The molecular weight excluding hydrogens is 262 g/mol. The largest absolute Gasteiger partial charge is 0.497 e. The van der Waals surface area contributed by atoms with E-state index in [4.69, 9.17) is 14.3 Å². The Bertz CT molecular complexity index is 514. The lowest BCUT2D eigenvalue weighted by Crippen LogP contribution is -2.40. The van der Waals surface area contributed by atoms with E-state index in [0.29, 0.717) is 17.2 Å². The maximum Gasteiger partial charge on any atom is 0.333 e. The van der Waals surface area contributed by atoms with Crippen molar-refractivity contribution in [2.24, 2.45) is 0 Å². The number of anilines is 1. The normalized spacial score (nSPS) is 13.5. The van der Waals surface area contributed by atoms with Crippen LogP contribution >= 0.6 is 0 Å². The lowest BCUT2D eigenvalue weighted by molar-refractivity contribution is -0.151. The first-order valence-corrected chi connectivity index (χ1v) is 6.50. The van der Waals surface area contributed by atoms with Crippen molar-refractivity contribution >= 4 is 17.6 Å². The standard InChI is InChI=1S/C14H17NO5/c1-3-4-5-14(17)20-15-11-8-10(18-2)6-7-12(11)19-9-13(15)16/h6-8H,3-5,9H2,1-2H3. The molecule has 1 aliphatic rings. The van der Waals surface area contributed by atoms with Gasteiger partial charge in [0.1, 0.15) is 17.2 Å². The number of carbonyl (C=O) groups is 2. The highest BCUT2D eigenvalue weighted by atomic mass is 16.7. The van der Waals surface area contributed by atoms with E-state index in [1.807, 2.05) is 6.92 Å². The highest BCUT2D eigenvalue weighted by Crippen LogP contribution is 2.35. The fourth-order valence-electron chi connectivity index (χ4n) is 1.81. The second-order valence-corrected chi connectivity index (χ2v) is 4.38. The van der Waals surface area contributed by atoms with Gasteiger partial charge in [0.05, 0.1) is 7.11 Å². The monoisotopic (exact) mass is 279 g/mol. The van der Waals surface area contributed by atoms with Crippen molar-refractivity contribution in [1.29, 1.82) is 0 Å². The minimum Gasteiger partial charge on any atom is -0.497 e. The quantitative estimate of drug-likeness (QED) is 0.825. The molecule has 108 valence electrons. The van der Waals surface area contributed by atoms with Gasteiger partial charge in [0, 0.05) is 12.5 Å². The van der Waals surface area contributed by atoms with Crippen molar-refractivity contribution in [3.63, 3.8) is 0 Å². The van der Waals surface area contributed by atoms with E-state index < -0.39 is 11.9 Å². The summed E-state index contributed by atoms with van der Waals surface area (Å²) in [5.41, 5.74) is 0.380. The van der Waals surface area contributed by atoms with Crippen LogP contribution < -0.4 is 14.5 Å². The number of hydrogen-bond donors (Lipinski definition) is 0. The van der Waals surface area contributed by atoms with E-state index in [2.05, 4.69) is 0 Å². The van der Waals surface area contributed by atoms with E-state index in [0.717, 1.165) is 17.9 Å². The number of methoxy groups -OCH3 is 1. The number of rotatable bonds is 5. The first kappa shape index (κ1) is 14.2. The van der Waals surface area contributed by atoms with Crippen LogP contribution in [0.2, 0.25) is 0 Å². The van der Waals surface area contributed by atoms with Gasteiger partial charge >= 0.3 is 5.97 Å². The summed E-state index contributed by atoms with van der Waals surface area (Å²) in [6.07, 6.45) is 1.89. The van der Waals surface area contributed by atoms with E-state index in [-0.39, 0.29) is 13.0 Å². The summed E-state index contributed by atoms with van der Waals surface area (Å²) in [6, 6.07) is 4.98. The third-order valence-electron chi connectivity index (χ3n) is 2.89. The molecule has 20 heavy (non-hydrogen) atoms. The van der Waals surface area contributed by atoms with Crippen LogP contribution in [0.15, 0.2) is 18.2 Å². The number of amides is 1. The second-order valence-electron chi connectivity index (χ2n) is 4.38. The van der Waals surface area contributed by atoms with Crippen LogP contribution in [-0.2, 0) is 14.4 Å². The molecule has 1 amide bonds. The third kappa shape index (κ3) is 3.01. The molecule has 2 rings (SSSR count). The van der Waals surface area contributed by atoms with Crippen LogP contribution in [0, 0.1) is 0 Å². The van der Waals surface area contributed by atoms with E-state index in [1.165, 1.54) is 7.11 Å². The average molecular weight is 279 g/mol. The molecule has 0 radical (unpaired) electrons. The van der Waals surface area contributed by atoms with Crippen molar-refractivity contribution in [3.05, 3.63) is 18.2 Å². The molecule has 0 bridgehead atoms. The van der Waals surface area contributed by atoms with Crippen LogP contribution in [0.4, 0.5) is 5.69 Å². The number of unbranched alkanes of at least 4 members (excludes halogenated alkanes) is 1. The molecule has 0 saturated carbocycles. The minimum absolute atomic E-state index is 0.152. The number of benzene rings is 1. The zero-order valence-electron chi connectivity index (χ0n) is 11.5. The van der Waals surface area contributed by atoms with Crippen molar-refractivity contribution in [1.82, 2.24) is 0 Å². The van der Waals surface area contributed by atoms with Gasteiger partial charge in [0.25, 0.3) is 5.91 Å². The smallest absolute Gasteiger partial charge is 0.333 e. The third-order valence-corrected chi connectivity index (χ3v) is 2.89. The Kier molecular flexibility index (Phi) is 4.45. The first-order chi connectivity index (χ1) is 9.65. The number of fused-ring (bicyclic) bond motifs is 1. The highest BCUT2D eigenvalue weighted by molar-refractivity contribution is 5.97. The molecule has 0 fully saturated rings. The molecule has 6 nitrogen and oxygen atoms in total. The van der Waals surface area contributed by atoms with Crippen LogP contribution in [0.1, 0.15) is 26.2 Å². The summed E-state index contributed by atoms with van der Waals surface area (Å²) >= 11 is 0. The number of hydrogen-bond acceptors (Lipinski definition) is 5. The Balaban J connectivity index is 2.20. The molecule has 6 heteroatoms. The maximum absolute atomic E-state index is 11.8. The molecule has 0 aromatic heterocycles. The lowest BCUT2D eigenvalue weighted by atomic mass is 10.2. The molecule has 0 spiro atoms. The van der Waals surface area contributed by atoms with Gasteiger partial charge in [0.2, 0.25) is 0 Å². The Morgan fingerprint density at radius 2 is 2.25 bits per heavy atom. The van der Waals surface area contributed by atoms with Crippen LogP contribution in [0.25, 0.3) is 0 Å². The summed E-state index contributed by atoms with van der Waals surface area (Å²) < 4.78 is 10.4. The molecule has 0 saturated heterocycles. The zero-order valence-corrected chi connectivity index (χ0v) is 11.5. The van der Waals surface area contributed by atoms with Crippen molar-refractivity contribution in [2.75, 3.05) is 18.8 Å². The topological polar surface area (TPSA) is 65.1 Å². The van der Waals surface area contributed by atoms with E-state index in [1.54, 1.807) is 18.2 Å². The van der Waals surface area contributed by atoms with Gasteiger partial charge in [-0.15, -0.1) is 5.06 Å². The predicted molar refractivity (Wildman–Crippen MR) is 71.6 cm³/mol. The summed E-state index contributed by atoms with van der Waals surface area (Å²) in [5, 5.41) is 0.985. The predicted octanol–water partition coefficient (Wildman–Crippen LogP) is 2.07. The van der Waals surface area contributed by atoms with Crippen LogP contribution in [0.5, 0.6) is 11.5 Å². The fourth-order valence-corrected chi connectivity index (χ4v) is 1.81. The lowest BCUT2D eigenvalue weighted by Gasteiger charge is -2.27. The highest BCUT2D eigenvalue weighted by Gasteiger charge is 2.29. The number of ether oxygens (including phenoxy) is 2. The maximum atomic E-state index is 11.8. The van der Waals surface area contributed by atoms with Gasteiger partial charge in [-0.3, -0.25) is 4.79 Å². The van der Waals surface area contributed by atoms with Crippen molar-refractivity contribution in [3.8, 4) is 11.5 Å². The molecule has 0 aliphatic carbocycles. The van der Waals surface area contributed by atoms with E-state index in [9.17, 15) is 9.59 Å². The Morgan fingerprint density at radius 3 is 2.95 bits per heavy atom. The molecule has 0 atom stereocenters. The zero-order chi connectivity index (χ0) is 14.5. The van der Waals surface area contributed by atoms with Crippen LogP contribution in [0.3, 0.4) is 0 Å². The van der Waals surface area contributed by atoms with Gasteiger partial charge in [-0.2, -0.15) is 0 Å². The van der Waals surface area contributed by atoms with Gasteiger partial charge in [0.15, 0.2) is 6.61 Å². The van der Waals surface area contributed by atoms with Gasteiger partial charge in [-0.25, -0.2) is 4.79 Å². The van der Waals surface area contributed by atoms with E-state index >= 15 is 0 Å². The second kappa shape index (κ2) is 6.27. The van der Waals surface area contributed by atoms with Crippen molar-refractivity contribution < 1.29 is 23.9 Å². The fraction of sp³-hybridized carbons (Fsp3) is 0.429. The molecule has 0 unspecified atom stereocenters. The van der Waals surface area contributed by atoms with Gasteiger partial charge in [-0.05, 0) is 18.6 Å². The summed E-state index contributed by atoms with van der Waals surface area (Å²) in [7, 11) is 1.52. The SMILES string of the molecule is CCCCC(=O)ON1C(=O)COc2ccc(OC)cc21. The molecule has 1 aromatic rings. The molecule has 0 N–H and O–H groups in total. The summed E-state index contributed by atoms with van der Waals surface area (Å²) in [4.78, 5) is 28.7. The number of carbonyl (C=O) groups excluding carboxylic acids is 2. The summed E-state index contributed by atoms with van der Waals surface area (Å²) in [6.45, 7) is 1.83. The number of nitrogens with zero attached hydrogens (tertiary/aromatic N) is 1. The molecule has 1 heterocycles. The Labute approximate surface area is 117 Å². The molecule has 1 aromatic carbocycles. The van der Waals surface area contributed by atoms with Crippen LogP contribution in [-0.4, -0.2) is 25.6 Å². The molecule has 1 aliphatic heterocycles. The van der Waals surface area contributed by atoms with Crippen molar-refractivity contribution in [2.45, 2.75) is 26.2 Å². The minimum atomic E-state index is -0.434. The Hall–Kier alpha value is -2.24. The number of hydroxylamine groups is 1. The van der Waals surface area contributed by atoms with Gasteiger partial charge in [-0.1, -0.05) is 13.3 Å². The molecular formula is C14H17NO5. The average Bonchev–Trinajstić information content (AvgIpc) is 2.47. The van der Waals surface area contributed by atoms with Gasteiger partial charge < -0.3 is 14.3 Å². The summed E-state index contributed by atoms with van der Waals surface area (Å²) in [5.74, 6) is 0.178.